The fourth-order valence-electron chi connectivity index (χ4n) is 1.16. The Kier molecular flexibility index (Phi) is 4.01. The lowest BCUT2D eigenvalue weighted by molar-refractivity contribution is 0.0988. The van der Waals surface area contributed by atoms with Crippen LogP contribution in [-0.2, 0) is 10.8 Å². The minimum Gasteiger partial charge on any atom is -0.294 e. The first-order chi connectivity index (χ1) is 6.69. The van der Waals surface area contributed by atoms with E-state index in [0.717, 1.165) is 4.90 Å². The summed E-state index contributed by atoms with van der Waals surface area (Å²) in [7, 11) is -0.925. The Morgan fingerprint density at radius 2 is 1.79 bits per heavy atom. The lowest BCUT2D eigenvalue weighted by atomic mass is 10.1. The zero-order chi connectivity index (χ0) is 10.6. The van der Waals surface area contributed by atoms with Crippen molar-refractivity contribution >= 4 is 16.6 Å². The molecule has 0 aromatic heterocycles. The van der Waals surface area contributed by atoms with Gasteiger partial charge in [0.2, 0.25) is 0 Å². The average Bonchev–Trinajstić information content (AvgIpc) is 2.27. The second-order valence-electron chi connectivity index (χ2n) is 2.94. The van der Waals surface area contributed by atoms with Crippen LogP contribution in [0.4, 0.5) is 0 Å². The van der Waals surface area contributed by atoms with E-state index in [1.165, 1.54) is 0 Å². The van der Waals surface area contributed by atoms with Gasteiger partial charge in [-0.1, -0.05) is 26.0 Å². The molecular weight excluding hydrogens is 196 g/mol. The number of hydrogen-bond acceptors (Lipinski definition) is 2. The first-order valence-electron chi connectivity index (χ1n) is 4.70. The van der Waals surface area contributed by atoms with Gasteiger partial charge in [-0.05, 0) is 12.1 Å². The fraction of sp³-hybridized carbons (Fsp3) is 0.364. The van der Waals surface area contributed by atoms with Crippen LogP contribution in [0.15, 0.2) is 29.2 Å². The van der Waals surface area contributed by atoms with Crippen molar-refractivity contribution < 1.29 is 9.00 Å². The third-order valence-corrected chi connectivity index (χ3v) is 3.34. The van der Waals surface area contributed by atoms with Gasteiger partial charge in [-0.2, -0.15) is 0 Å². The summed E-state index contributed by atoms with van der Waals surface area (Å²) in [5.41, 5.74) is 0.698. The van der Waals surface area contributed by atoms with E-state index >= 15 is 0 Å². The summed E-state index contributed by atoms with van der Waals surface area (Å²) in [5, 5.41) is 0. The van der Waals surface area contributed by atoms with Crippen molar-refractivity contribution in [2.45, 2.75) is 25.2 Å². The summed E-state index contributed by atoms with van der Waals surface area (Å²) in [5.74, 6) is 0.736. The summed E-state index contributed by atoms with van der Waals surface area (Å²) in [6, 6.07) is 7.02. The number of rotatable bonds is 4. The molecule has 1 unspecified atom stereocenters. The first-order valence-corrected chi connectivity index (χ1v) is 6.02. The first kappa shape index (κ1) is 11.1. The van der Waals surface area contributed by atoms with Crippen LogP contribution >= 0.6 is 0 Å². The minimum atomic E-state index is -0.925. The van der Waals surface area contributed by atoms with Gasteiger partial charge in [-0.25, -0.2) is 0 Å². The Hall–Kier alpha value is -0.960. The monoisotopic (exact) mass is 210 g/mol. The molecule has 0 aliphatic heterocycles. The van der Waals surface area contributed by atoms with Gasteiger partial charge in [-0.15, -0.1) is 0 Å². The Labute approximate surface area is 86.8 Å². The third kappa shape index (κ3) is 2.51. The lowest BCUT2D eigenvalue weighted by Crippen LogP contribution is -1.98. The van der Waals surface area contributed by atoms with Gasteiger partial charge >= 0.3 is 0 Å². The van der Waals surface area contributed by atoms with Gasteiger partial charge in [0.25, 0.3) is 0 Å². The van der Waals surface area contributed by atoms with Crippen molar-refractivity contribution in [1.82, 2.24) is 0 Å². The molecule has 0 aliphatic rings. The molecule has 0 N–H and O–H groups in total. The quantitative estimate of drug-likeness (QED) is 0.715. The van der Waals surface area contributed by atoms with Gasteiger partial charge in [-0.3, -0.25) is 9.00 Å². The highest BCUT2D eigenvalue weighted by atomic mass is 32.2. The molecule has 0 aliphatic carbocycles. The number of carbonyl (C=O) groups excluding carboxylic acids is 1. The predicted molar refractivity (Wildman–Crippen MR) is 58.0 cm³/mol. The molecule has 0 radical (unpaired) electrons. The highest BCUT2D eigenvalue weighted by molar-refractivity contribution is 7.85. The summed E-state index contributed by atoms with van der Waals surface area (Å²) < 4.78 is 11.4. The van der Waals surface area contributed by atoms with E-state index in [4.69, 9.17) is 0 Å². The lowest BCUT2D eigenvalue weighted by Gasteiger charge is -2.00. The second kappa shape index (κ2) is 5.05. The van der Waals surface area contributed by atoms with Crippen LogP contribution in [0.5, 0.6) is 0 Å². The van der Waals surface area contributed by atoms with E-state index in [9.17, 15) is 9.00 Å². The minimum absolute atomic E-state index is 0.124. The number of benzene rings is 1. The molecule has 76 valence electrons. The zero-order valence-electron chi connectivity index (χ0n) is 8.45. The van der Waals surface area contributed by atoms with Crippen LogP contribution in [0.2, 0.25) is 0 Å². The molecule has 0 saturated carbocycles. The van der Waals surface area contributed by atoms with Gasteiger partial charge in [0.05, 0.1) is 10.8 Å². The Morgan fingerprint density at radius 3 is 2.21 bits per heavy atom. The fourth-order valence-corrected chi connectivity index (χ4v) is 1.94. The van der Waals surface area contributed by atoms with Crippen molar-refractivity contribution in [3.05, 3.63) is 29.8 Å². The molecule has 0 bridgehead atoms. The molecule has 0 saturated heterocycles. The number of hydrogen-bond donors (Lipinski definition) is 0. The summed E-state index contributed by atoms with van der Waals surface area (Å²) >= 11 is 0. The molecule has 0 heterocycles. The molecule has 0 spiro atoms. The van der Waals surface area contributed by atoms with E-state index in [-0.39, 0.29) is 5.78 Å². The van der Waals surface area contributed by atoms with Crippen molar-refractivity contribution in [2.75, 3.05) is 5.75 Å². The average molecular weight is 210 g/mol. The van der Waals surface area contributed by atoms with E-state index < -0.39 is 10.8 Å². The Morgan fingerprint density at radius 1 is 1.21 bits per heavy atom. The van der Waals surface area contributed by atoms with Crippen molar-refractivity contribution in [3.63, 3.8) is 0 Å². The van der Waals surface area contributed by atoms with Crippen LogP contribution in [0.1, 0.15) is 30.6 Å². The molecule has 0 amide bonds. The van der Waals surface area contributed by atoms with E-state index in [2.05, 4.69) is 0 Å². The number of ketones is 1. The maximum atomic E-state index is 11.4. The van der Waals surface area contributed by atoms with Crippen LogP contribution < -0.4 is 0 Å². The third-order valence-electron chi connectivity index (χ3n) is 2.02. The SMILES string of the molecule is CCC(=O)c1ccc(S(=O)CC)cc1. The molecule has 1 atom stereocenters. The summed E-state index contributed by atoms with van der Waals surface area (Å²) in [6.07, 6.45) is 0.510. The summed E-state index contributed by atoms with van der Waals surface area (Å²) in [6.45, 7) is 3.71. The predicted octanol–water partition coefficient (Wildman–Crippen LogP) is 2.41. The largest absolute Gasteiger partial charge is 0.294 e. The van der Waals surface area contributed by atoms with Crippen molar-refractivity contribution in [1.29, 1.82) is 0 Å². The van der Waals surface area contributed by atoms with E-state index in [0.29, 0.717) is 17.7 Å². The maximum absolute atomic E-state index is 11.4. The smallest absolute Gasteiger partial charge is 0.162 e. The van der Waals surface area contributed by atoms with Crippen LogP contribution in [0.25, 0.3) is 0 Å². The van der Waals surface area contributed by atoms with Gasteiger partial charge < -0.3 is 0 Å². The van der Waals surface area contributed by atoms with Crippen LogP contribution in [0.3, 0.4) is 0 Å². The van der Waals surface area contributed by atoms with Gasteiger partial charge in [0, 0.05) is 22.6 Å². The maximum Gasteiger partial charge on any atom is 0.162 e. The Balaban J connectivity index is 2.89. The second-order valence-corrected chi connectivity index (χ2v) is 4.68. The molecule has 1 rings (SSSR count). The molecule has 3 heteroatoms. The van der Waals surface area contributed by atoms with Gasteiger partial charge in [0.1, 0.15) is 0 Å². The topological polar surface area (TPSA) is 34.1 Å². The molecule has 0 fully saturated rings. The molecular formula is C11H14O2S. The number of Topliss-reactive ketones (excluding diaryl/α,β-unsaturated/α-hetero) is 1. The van der Waals surface area contributed by atoms with Crippen LogP contribution in [-0.4, -0.2) is 15.7 Å². The Bertz CT molecular complexity index is 306. The van der Waals surface area contributed by atoms with Gasteiger partial charge in [0.15, 0.2) is 5.78 Å². The highest BCUT2D eigenvalue weighted by Gasteiger charge is 2.04. The molecule has 1 aromatic rings. The van der Waals surface area contributed by atoms with E-state index in [1.807, 2.05) is 13.8 Å². The molecule has 1 aromatic carbocycles. The summed E-state index contributed by atoms with van der Waals surface area (Å²) in [4.78, 5) is 12.1. The molecule has 2 nitrogen and oxygen atoms in total. The molecule has 14 heavy (non-hydrogen) atoms. The zero-order valence-corrected chi connectivity index (χ0v) is 9.26. The highest BCUT2D eigenvalue weighted by Crippen LogP contribution is 2.10. The van der Waals surface area contributed by atoms with Crippen LogP contribution in [0, 0.1) is 0 Å². The van der Waals surface area contributed by atoms with Crippen molar-refractivity contribution in [2.24, 2.45) is 0 Å². The standard InChI is InChI=1S/C11H14O2S/c1-3-11(12)9-5-7-10(8-6-9)14(13)4-2/h5-8H,3-4H2,1-2H3. The normalized spacial score (nSPS) is 12.4. The van der Waals surface area contributed by atoms with Crippen molar-refractivity contribution in [3.8, 4) is 0 Å². The van der Waals surface area contributed by atoms with E-state index in [1.54, 1.807) is 24.3 Å². The number of carbonyl (C=O) groups is 1.